The van der Waals surface area contributed by atoms with E-state index in [0.29, 0.717) is 17.9 Å². The molecule has 26 heavy (non-hydrogen) atoms. The molecule has 0 bridgehead atoms. The summed E-state index contributed by atoms with van der Waals surface area (Å²) in [5, 5.41) is 0.564. The minimum absolute atomic E-state index is 0.0271. The first kappa shape index (κ1) is 20.4. The van der Waals surface area contributed by atoms with E-state index in [9.17, 15) is 31.1 Å². The number of amides is 1. The summed E-state index contributed by atoms with van der Waals surface area (Å²) in [6.45, 7) is -0.0542. The fraction of sp³-hybridized carbons (Fsp3) is 0.438. The van der Waals surface area contributed by atoms with Crippen molar-refractivity contribution in [1.29, 1.82) is 0 Å². The molecule has 0 spiro atoms. The van der Waals surface area contributed by atoms with Crippen LogP contribution in [0.25, 0.3) is 6.08 Å². The Morgan fingerprint density at radius 1 is 1.04 bits per heavy atom. The van der Waals surface area contributed by atoms with Crippen LogP contribution in [0, 0.1) is 0 Å². The Morgan fingerprint density at radius 3 is 2.00 bits per heavy atom. The summed E-state index contributed by atoms with van der Waals surface area (Å²) in [4.78, 5) is 12.5. The molecule has 1 fully saturated rings. The van der Waals surface area contributed by atoms with Gasteiger partial charge in [-0.2, -0.15) is 26.3 Å². The average molecular weight is 402 g/mol. The molecule has 1 aromatic rings. The summed E-state index contributed by atoms with van der Waals surface area (Å²) in [5.74, 6) is 0. The summed E-state index contributed by atoms with van der Waals surface area (Å²) in [5.41, 5.74) is 1.77. The number of piperidine rings is 1. The number of carbonyl (C=O) groups excluding carboxylic acids is 1. The number of alkyl halides is 6. The zero-order valence-corrected chi connectivity index (χ0v) is 14.0. The van der Waals surface area contributed by atoms with Gasteiger partial charge < -0.3 is 9.64 Å². The molecule has 0 aromatic heterocycles. The van der Waals surface area contributed by atoms with Gasteiger partial charge in [-0.05, 0) is 30.5 Å². The number of nitrogens with zero attached hydrogens (tertiary/aromatic N) is 1. The maximum absolute atomic E-state index is 12.4. The van der Waals surface area contributed by atoms with Gasteiger partial charge >= 0.3 is 18.4 Å². The third kappa shape index (κ3) is 5.55. The molecule has 0 saturated carbocycles. The van der Waals surface area contributed by atoms with Crippen LogP contribution in [-0.2, 0) is 4.74 Å². The molecule has 1 aromatic carbocycles. The number of carbonyl (C=O) groups is 1. The average Bonchev–Trinajstić information content (AvgIpc) is 2.53. The first-order valence-corrected chi connectivity index (χ1v) is 7.88. The molecule has 144 valence electrons. The Morgan fingerprint density at radius 2 is 1.54 bits per heavy atom. The molecule has 0 unspecified atom stereocenters. The third-order valence-corrected chi connectivity index (χ3v) is 3.97. The van der Waals surface area contributed by atoms with E-state index < -0.39 is 24.5 Å². The maximum atomic E-state index is 12.4. The van der Waals surface area contributed by atoms with Crippen molar-refractivity contribution in [2.75, 3.05) is 13.1 Å². The van der Waals surface area contributed by atoms with Gasteiger partial charge in [-0.3, -0.25) is 0 Å². The van der Waals surface area contributed by atoms with Crippen LogP contribution in [0.2, 0.25) is 5.02 Å². The van der Waals surface area contributed by atoms with Crippen molar-refractivity contribution in [3.63, 3.8) is 0 Å². The molecule has 0 radical (unpaired) electrons. The Labute approximate surface area is 150 Å². The Bertz CT molecular complexity index is 645. The van der Waals surface area contributed by atoms with Crippen molar-refractivity contribution in [1.82, 2.24) is 4.90 Å². The number of rotatable bonds is 2. The first-order valence-electron chi connectivity index (χ1n) is 7.51. The van der Waals surface area contributed by atoms with E-state index in [1.807, 2.05) is 6.08 Å². The minimum atomic E-state index is -5.72. The molecular formula is C16H14ClF6NO2. The first-order chi connectivity index (χ1) is 12.0. The smallest absolute Gasteiger partial charge is 0.426 e. The summed E-state index contributed by atoms with van der Waals surface area (Å²) in [6.07, 6.45) is -14.7. The van der Waals surface area contributed by atoms with Gasteiger partial charge in [0.25, 0.3) is 6.10 Å². The molecule has 1 amide bonds. The lowest BCUT2D eigenvalue weighted by Crippen LogP contribution is -2.49. The highest BCUT2D eigenvalue weighted by atomic mass is 35.5. The quantitative estimate of drug-likeness (QED) is 0.617. The van der Waals surface area contributed by atoms with E-state index in [0.717, 1.165) is 16.0 Å². The zero-order valence-electron chi connectivity index (χ0n) is 13.2. The molecule has 10 heteroatoms. The molecule has 1 aliphatic heterocycles. The van der Waals surface area contributed by atoms with Gasteiger partial charge in [-0.15, -0.1) is 0 Å². The second-order valence-electron chi connectivity index (χ2n) is 5.69. The monoisotopic (exact) mass is 401 g/mol. The molecule has 2 rings (SSSR count). The van der Waals surface area contributed by atoms with Crippen LogP contribution in [0.1, 0.15) is 18.4 Å². The Kier molecular flexibility index (Phi) is 6.10. The van der Waals surface area contributed by atoms with Gasteiger partial charge in [0.1, 0.15) is 0 Å². The van der Waals surface area contributed by atoms with Crippen molar-refractivity contribution in [2.45, 2.75) is 31.3 Å². The standard InChI is InChI=1S/C16H14ClF6NO2/c17-12-3-1-10(2-4-12)9-11-5-7-24(8-6-11)14(25)26-13(15(18,19)20)16(21,22)23/h1-4,9,13H,5-8H2. The van der Waals surface area contributed by atoms with Crippen LogP contribution >= 0.6 is 11.6 Å². The van der Waals surface area contributed by atoms with E-state index >= 15 is 0 Å². The second-order valence-corrected chi connectivity index (χ2v) is 6.12. The van der Waals surface area contributed by atoms with Crippen molar-refractivity contribution < 1.29 is 35.9 Å². The zero-order chi connectivity index (χ0) is 19.5. The number of hydrogen-bond acceptors (Lipinski definition) is 2. The highest BCUT2D eigenvalue weighted by molar-refractivity contribution is 6.30. The van der Waals surface area contributed by atoms with E-state index in [-0.39, 0.29) is 13.1 Å². The lowest BCUT2D eigenvalue weighted by atomic mass is 10.0. The molecule has 1 heterocycles. The van der Waals surface area contributed by atoms with E-state index in [2.05, 4.69) is 4.74 Å². The number of ether oxygens (including phenoxy) is 1. The van der Waals surface area contributed by atoms with Crippen LogP contribution in [-0.4, -0.2) is 42.5 Å². The van der Waals surface area contributed by atoms with Gasteiger partial charge in [0.2, 0.25) is 0 Å². The van der Waals surface area contributed by atoms with Crippen LogP contribution in [0.4, 0.5) is 31.1 Å². The summed E-state index contributed by atoms with van der Waals surface area (Å²) in [7, 11) is 0. The third-order valence-electron chi connectivity index (χ3n) is 3.72. The molecule has 0 atom stereocenters. The summed E-state index contributed by atoms with van der Waals surface area (Å²) >= 11 is 5.78. The Balaban J connectivity index is 1.96. The predicted octanol–water partition coefficient (Wildman–Crippen LogP) is 5.45. The van der Waals surface area contributed by atoms with Gasteiger partial charge in [-0.1, -0.05) is 35.4 Å². The molecule has 1 aliphatic rings. The number of hydrogen-bond donors (Lipinski definition) is 0. The van der Waals surface area contributed by atoms with E-state index in [1.165, 1.54) is 0 Å². The summed E-state index contributed by atoms with van der Waals surface area (Å²) in [6, 6.07) is 6.92. The van der Waals surface area contributed by atoms with Crippen molar-refractivity contribution in [2.24, 2.45) is 0 Å². The van der Waals surface area contributed by atoms with Gasteiger partial charge in [0.15, 0.2) is 0 Å². The largest absolute Gasteiger partial charge is 0.434 e. The van der Waals surface area contributed by atoms with Crippen LogP contribution in [0.15, 0.2) is 29.8 Å². The minimum Gasteiger partial charge on any atom is -0.426 e. The molecular weight excluding hydrogens is 388 g/mol. The fourth-order valence-corrected chi connectivity index (χ4v) is 2.54. The topological polar surface area (TPSA) is 29.5 Å². The van der Waals surface area contributed by atoms with Gasteiger partial charge in [-0.25, -0.2) is 4.79 Å². The highest BCUT2D eigenvalue weighted by Crippen LogP contribution is 2.36. The lowest BCUT2D eigenvalue weighted by Gasteiger charge is -2.30. The van der Waals surface area contributed by atoms with Gasteiger partial charge in [0, 0.05) is 18.1 Å². The van der Waals surface area contributed by atoms with Crippen molar-refractivity contribution in [3.05, 3.63) is 40.4 Å². The normalized spacial score (nSPS) is 16.0. The van der Waals surface area contributed by atoms with Crippen LogP contribution < -0.4 is 0 Å². The lowest BCUT2D eigenvalue weighted by molar-refractivity contribution is -0.308. The highest BCUT2D eigenvalue weighted by Gasteiger charge is 2.60. The number of likely N-dealkylation sites (tertiary alicyclic amines) is 1. The number of benzene rings is 1. The molecule has 0 aliphatic carbocycles. The van der Waals surface area contributed by atoms with Crippen LogP contribution in [0.3, 0.4) is 0 Å². The van der Waals surface area contributed by atoms with E-state index in [1.54, 1.807) is 24.3 Å². The SMILES string of the molecule is O=C(OC(C(F)(F)F)C(F)(F)F)N1CCC(=Cc2ccc(Cl)cc2)CC1. The summed E-state index contributed by atoms with van der Waals surface area (Å²) < 4.78 is 78.3. The molecule has 3 nitrogen and oxygen atoms in total. The van der Waals surface area contributed by atoms with Crippen molar-refractivity contribution in [3.8, 4) is 0 Å². The number of halogens is 7. The molecule has 1 saturated heterocycles. The Hall–Kier alpha value is -1.90. The fourth-order valence-electron chi connectivity index (χ4n) is 2.41. The predicted molar refractivity (Wildman–Crippen MR) is 82.6 cm³/mol. The van der Waals surface area contributed by atoms with E-state index in [4.69, 9.17) is 11.6 Å². The van der Waals surface area contributed by atoms with Crippen LogP contribution in [0.5, 0.6) is 0 Å². The second kappa shape index (κ2) is 7.77. The van der Waals surface area contributed by atoms with Crippen molar-refractivity contribution >= 4 is 23.8 Å². The maximum Gasteiger partial charge on any atom is 0.434 e. The van der Waals surface area contributed by atoms with Gasteiger partial charge in [0.05, 0.1) is 0 Å². The molecule has 0 N–H and O–H groups in total.